The third-order valence-electron chi connectivity index (χ3n) is 3.76. The van der Waals surface area contributed by atoms with Gasteiger partial charge in [0.05, 0.1) is 12.8 Å². The van der Waals surface area contributed by atoms with Crippen LogP contribution in [-0.2, 0) is 9.59 Å². The van der Waals surface area contributed by atoms with E-state index in [0.717, 1.165) is 28.3 Å². The molecule has 0 aliphatic heterocycles. The van der Waals surface area contributed by atoms with Gasteiger partial charge in [-0.2, -0.15) is 0 Å². The predicted molar refractivity (Wildman–Crippen MR) is 113 cm³/mol. The van der Waals surface area contributed by atoms with E-state index in [0.29, 0.717) is 5.13 Å². The summed E-state index contributed by atoms with van der Waals surface area (Å²) in [6, 6.07) is 14.8. The molecule has 0 atom stereocenters. The standard InChI is InChI=1S/C21H19N3O3S/c1-14(25)22-17-9-7-16(8-10-17)19-13-28-21(23-19)24-20(26)11-6-15-4-3-5-18(12-15)27-2/h3-13H,1-2H3,(H,22,25)(H,23,24,26)/b11-6+. The van der Waals surface area contributed by atoms with Crippen LogP contribution < -0.4 is 15.4 Å². The first kappa shape index (κ1) is 19.3. The van der Waals surface area contributed by atoms with E-state index < -0.39 is 0 Å². The van der Waals surface area contributed by atoms with E-state index in [1.165, 1.54) is 24.3 Å². The number of amides is 2. The Morgan fingerprint density at radius 1 is 1.11 bits per heavy atom. The van der Waals surface area contributed by atoms with E-state index in [2.05, 4.69) is 15.6 Å². The van der Waals surface area contributed by atoms with Crippen LogP contribution >= 0.6 is 11.3 Å². The average Bonchev–Trinajstić information content (AvgIpc) is 3.15. The van der Waals surface area contributed by atoms with Gasteiger partial charge >= 0.3 is 0 Å². The molecule has 1 heterocycles. The molecule has 2 N–H and O–H groups in total. The van der Waals surface area contributed by atoms with Crippen molar-refractivity contribution < 1.29 is 14.3 Å². The van der Waals surface area contributed by atoms with Crippen molar-refractivity contribution in [2.24, 2.45) is 0 Å². The van der Waals surface area contributed by atoms with Crippen LogP contribution in [0.1, 0.15) is 12.5 Å². The highest BCUT2D eigenvalue weighted by Gasteiger charge is 2.07. The van der Waals surface area contributed by atoms with Crippen molar-refractivity contribution in [3.05, 3.63) is 65.6 Å². The normalized spacial score (nSPS) is 10.6. The topological polar surface area (TPSA) is 80.3 Å². The molecule has 0 fully saturated rings. The van der Waals surface area contributed by atoms with Crippen LogP contribution in [0, 0.1) is 0 Å². The molecule has 3 rings (SSSR count). The van der Waals surface area contributed by atoms with Crippen molar-refractivity contribution in [1.29, 1.82) is 0 Å². The Hall–Kier alpha value is -3.45. The van der Waals surface area contributed by atoms with Gasteiger partial charge in [-0.3, -0.25) is 14.9 Å². The number of ether oxygens (including phenoxy) is 1. The van der Waals surface area contributed by atoms with E-state index in [1.807, 2.05) is 53.9 Å². The third kappa shape index (κ3) is 5.28. The van der Waals surface area contributed by atoms with Gasteiger partial charge in [0.15, 0.2) is 5.13 Å². The fourth-order valence-corrected chi connectivity index (χ4v) is 3.18. The summed E-state index contributed by atoms with van der Waals surface area (Å²) in [6.45, 7) is 1.46. The SMILES string of the molecule is COc1cccc(/C=C/C(=O)Nc2nc(-c3ccc(NC(C)=O)cc3)cs2)c1. The minimum absolute atomic E-state index is 0.117. The summed E-state index contributed by atoms with van der Waals surface area (Å²) in [6.07, 6.45) is 3.17. The van der Waals surface area contributed by atoms with Gasteiger partial charge in [-0.25, -0.2) is 4.98 Å². The van der Waals surface area contributed by atoms with Gasteiger partial charge in [0.1, 0.15) is 5.75 Å². The Bertz CT molecular complexity index is 1010. The molecular weight excluding hydrogens is 374 g/mol. The highest BCUT2D eigenvalue weighted by molar-refractivity contribution is 7.14. The lowest BCUT2D eigenvalue weighted by atomic mass is 10.1. The van der Waals surface area contributed by atoms with E-state index in [4.69, 9.17) is 4.74 Å². The number of hydrogen-bond acceptors (Lipinski definition) is 5. The summed E-state index contributed by atoms with van der Waals surface area (Å²) in [5, 5.41) is 7.87. The van der Waals surface area contributed by atoms with E-state index >= 15 is 0 Å². The summed E-state index contributed by atoms with van der Waals surface area (Å²) in [5.41, 5.74) is 3.25. The lowest BCUT2D eigenvalue weighted by Crippen LogP contribution is -2.07. The number of anilines is 2. The number of carbonyl (C=O) groups excluding carboxylic acids is 2. The molecule has 0 bridgehead atoms. The predicted octanol–water partition coefficient (Wildman–Crippen LogP) is 4.43. The van der Waals surface area contributed by atoms with Gasteiger partial charge in [-0.1, -0.05) is 24.3 Å². The first-order valence-electron chi connectivity index (χ1n) is 8.50. The summed E-state index contributed by atoms with van der Waals surface area (Å²) >= 11 is 1.35. The number of aromatic nitrogens is 1. The first-order valence-corrected chi connectivity index (χ1v) is 9.38. The zero-order valence-electron chi connectivity index (χ0n) is 15.4. The lowest BCUT2D eigenvalue weighted by molar-refractivity contribution is -0.114. The molecule has 2 amide bonds. The number of rotatable bonds is 6. The average molecular weight is 393 g/mol. The van der Waals surface area contributed by atoms with Crippen LogP contribution in [0.4, 0.5) is 10.8 Å². The van der Waals surface area contributed by atoms with Gasteiger partial charge in [0, 0.05) is 29.6 Å². The number of thiazole rings is 1. The maximum atomic E-state index is 12.1. The summed E-state index contributed by atoms with van der Waals surface area (Å²) in [4.78, 5) is 27.6. The third-order valence-corrected chi connectivity index (χ3v) is 4.51. The zero-order chi connectivity index (χ0) is 19.9. The second kappa shape index (κ2) is 8.96. The molecule has 0 aliphatic rings. The Morgan fingerprint density at radius 3 is 2.61 bits per heavy atom. The van der Waals surface area contributed by atoms with Gasteiger partial charge in [0.25, 0.3) is 0 Å². The molecule has 0 aliphatic carbocycles. The number of carbonyl (C=O) groups is 2. The molecule has 6 nitrogen and oxygen atoms in total. The van der Waals surface area contributed by atoms with Crippen molar-refractivity contribution in [2.75, 3.05) is 17.7 Å². The van der Waals surface area contributed by atoms with Crippen molar-refractivity contribution in [1.82, 2.24) is 4.98 Å². The highest BCUT2D eigenvalue weighted by atomic mass is 32.1. The van der Waals surface area contributed by atoms with E-state index in [9.17, 15) is 9.59 Å². The Morgan fingerprint density at radius 2 is 1.89 bits per heavy atom. The van der Waals surface area contributed by atoms with Crippen molar-refractivity contribution >= 4 is 40.0 Å². The van der Waals surface area contributed by atoms with Crippen LogP contribution in [0.15, 0.2) is 60.0 Å². The quantitative estimate of drug-likeness (QED) is 0.607. The molecular formula is C21H19N3O3S. The molecule has 28 heavy (non-hydrogen) atoms. The molecule has 0 radical (unpaired) electrons. The summed E-state index contributed by atoms with van der Waals surface area (Å²) < 4.78 is 5.16. The number of benzene rings is 2. The maximum absolute atomic E-state index is 12.1. The molecule has 3 aromatic rings. The Balaban J connectivity index is 1.62. The number of nitrogens with one attached hydrogen (secondary N) is 2. The Kier molecular flexibility index (Phi) is 6.18. The fraction of sp³-hybridized carbons (Fsp3) is 0.0952. The summed E-state index contributed by atoms with van der Waals surface area (Å²) in [7, 11) is 1.60. The largest absolute Gasteiger partial charge is 0.497 e. The highest BCUT2D eigenvalue weighted by Crippen LogP contribution is 2.26. The first-order chi connectivity index (χ1) is 13.5. The Labute approximate surface area is 166 Å². The van der Waals surface area contributed by atoms with Gasteiger partial charge < -0.3 is 10.1 Å². The zero-order valence-corrected chi connectivity index (χ0v) is 16.2. The second-order valence-electron chi connectivity index (χ2n) is 5.90. The lowest BCUT2D eigenvalue weighted by Gasteiger charge is -2.02. The molecule has 0 saturated heterocycles. The van der Waals surface area contributed by atoms with Crippen LogP contribution in [0.2, 0.25) is 0 Å². The van der Waals surface area contributed by atoms with Gasteiger partial charge in [0.2, 0.25) is 11.8 Å². The van der Waals surface area contributed by atoms with Crippen LogP contribution in [-0.4, -0.2) is 23.9 Å². The molecule has 0 saturated carbocycles. The molecule has 1 aromatic heterocycles. The second-order valence-corrected chi connectivity index (χ2v) is 6.75. The molecule has 2 aromatic carbocycles. The molecule has 142 valence electrons. The number of hydrogen-bond donors (Lipinski definition) is 2. The van der Waals surface area contributed by atoms with Crippen LogP contribution in [0.25, 0.3) is 17.3 Å². The summed E-state index contributed by atoms with van der Waals surface area (Å²) in [5.74, 6) is 0.356. The number of nitrogens with zero attached hydrogens (tertiary/aromatic N) is 1. The van der Waals surface area contributed by atoms with Gasteiger partial charge in [-0.15, -0.1) is 11.3 Å². The van der Waals surface area contributed by atoms with Crippen LogP contribution in [0.3, 0.4) is 0 Å². The minimum Gasteiger partial charge on any atom is -0.497 e. The van der Waals surface area contributed by atoms with Crippen LogP contribution in [0.5, 0.6) is 5.75 Å². The molecule has 7 heteroatoms. The molecule has 0 unspecified atom stereocenters. The van der Waals surface area contributed by atoms with Gasteiger partial charge in [-0.05, 0) is 35.9 Å². The molecule has 0 spiro atoms. The maximum Gasteiger partial charge on any atom is 0.250 e. The van der Waals surface area contributed by atoms with Crippen molar-refractivity contribution in [3.63, 3.8) is 0 Å². The number of methoxy groups -OCH3 is 1. The smallest absolute Gasteiger partial charge is 0.250 e. The fourth-order valence-electron chi connectivity index (χ4n) is 2.46. The minimum atomic E-state index is -0.260. The van der Waals surface area contributed by atoms with E-state index in [1.54, 1.807) is 13.2 Å². The monoisotopic (exact) mass is 393 g/mol. The van der Waals surface area contributed by atoms with Crippen molar-refractivity contribution in [3.8, 4) is 17.0 Å². The van der Waals surface area contributed by atoms with Crippen molar-refractivity contribution in [2.45, 2.75) is 6.92 Å². The van der Waals surface area contributed by atoms with E-state index in [-0.39, 0.29) is 11.8 Å².